The number of carbonyl (C=O) groups excluding carboxylic acids is 1. The molecule has 9 nitrogen and oxygen atoms in total. The smallest absolute Gasteiger partial charge is 0.338 e. The van der Waals surface area contributed by atoms with E-state index in [0.717, 1.165) is 0 Å². The normalized spacial score (nSPS) is 14.8. The van der Waals surface area contributed by atoms with E-state index in [1.165, 1.54) is 32.1 Å². The zero-order chi connectivity index (χ0) is 24.4. The highest BCUT2D eigenvalue weighted by molar-refractivity contribution is 5.92. The maximum absolute atomic E-state index is 14.5. The molecule has 0 amide bonds. The van der Waals surface area contributed by atoms with Crippen LogP contribution in [0.4, 0.5) is 10.3 Å². The molecule has 1 unspecified atom stereocenters. The fourth-order valence-corrected chi connectivity index (χ4v) is 3.95. The number of hydrogen-bond acceptors (Lipinski definition) is 8. The number of aromatic nitrogens is 3. The largest absolute Gasteiger partial charge is 0.493 e. The van der Waals surface area contributed by atoms with Crippen molar-refractivity contribution in [3.8, 4) is 28.6 Å². The Balaban J connectivity index is 1.95. The summed E-state index contributed by atoms with van der Waals surface area (Å²) in [5.74, 6) is 0.787. The number of rotatable bonds is 7. The SMILES string of the molecule is CCOC(=O)C1=C(C)Nc2nc(-c3ccccc3F)nn2C1c1cc(OC)c(OC)c(OC)c1. The number of hydrogen-bond donors (Lipinski definition) is 1. The van der Waals surface area contributed by atoms with Gasteiger partial charge in [0, 0.05) is 5.70 Å². The Morgan fingerprint density at radius 2 is 1.79 bits per heavy atom. The van der Waals surface area contributed by atoms with Crippen LogP contribution in [0.3, 0.4) is 0 Å². The van der Waals surface area contributed by atoms with Gasteiger partial charge in [-0.2, -0.15) is 4.98 Å². The third-order valence-corrected chi connectivity index (χ3v) is 5.47. The Morgan fingerprint density at radius 1 is 1.12 bits per heavy atom. The standard InChI is InChI=1S/C24H25FN4O5/c1-6-34-23(30)19-13(2)26-24-27-22(15-9-7-8-10-16(15)25)28-29(24)20(19)14-11-17(31-3)21(33-5)18(12-14)32-4/h7-12,20H,6H2,1-5H3,(H,26,27,28). The number of halogens is 1. The number of allylic oxidation sites excluding steroid dienone is 1. The Labute approximate surface area is 196 Å². The Bertz CT molecular complexity index is 1240. The van der Waals surface area contributed by atoms with Gasteiger partial charge in [-0.15, -0.1) is 5.10 Å². The lowest BCUT2D eigenvalue weighted by atomic mass is 9.95. The van der Waals surface area contributed by atoms with Crippen LogP contribution in [0.5, 0.6) is 17.2 Å². The van der Waals surface area contributed by atoms with Gasteiger partial charge in [0.15, 0.2) is 17.3 Å². The molecule has 0 saturated carbocycles. The molecule has 4 rings (SSSR count). The molecule has 2 aromatic carbocycles. The summed E-state index contributed by atoms with van der Waals surface area (Å²) in [5.41, 5.74) is 1.72. The molecule has 0 spiro atoms. The van der Waals surface area contributed by atoms with E-state index in [0.29, 0.717) is 40.0 Å². The summed E-state index contributed by atoms with van der Waals surface area (Å²) in [5, 5.41) is 7.67. The zero-order valence-corrected chi connectivity index (χ0v) is 19.5. The number of nitrogens with zero attached hydrogens (tertiary/aromatic N) is 3. The molecular weight excluding hydrogens is 443 g/mol. The van der Waals surface area contributed by atoms with Crippen molar-refractivity contribution in [3.63, 3.8) is 0 Å². The second-order valence-corrected chi connectivity index (χ2v) is 7.43. The van der Waals surface area contributed by atoms with Crippen molar-refractivity contribution in [1.29, 1.82) is 0 Å². The molecule has 10 heteroatoms. The van der Waals surface area contributed by atoms with Crippen molar-refractivity contribution in [1.82, 2.24) is 14.8 Å². The highest BCUT2D eigenvalue weighted by atomic mass is 19.1. The summed E-state index contributed by atoms with van der Waals surface area (Å²) < 4.78 is 37.8. The van der Waals surface area contributed by atoms with Crippen LogP contribution in [0.15, 0.2) is 47.7 Å². The van der Waals surface area contributed by atoms with Gasteiger partial charge in [-0.25, -0.2) is 13.9 Å². The first-order valence-corrected chi connectivity index (χ1v) is 10.6. The maximum atomic E-state index is 14.5. The molecule has 0 bridgehead atoms. The third kappa shape index (κ3) is 3.91. The number of nitrogens with one attached hydrogen (secondary N) is 1. The number of esters is 1. The fraction of sp³-hybridized carbons (Fsp3) is 0.292. The summed E-state index contributed by atoms with van der Waals surface area (Å²) in [4.78, 5) is 17.5. The summed E-state index contributed by atoms with van der Waals surface area (Å²) in [7, 11) is 4.52. The van der Waals surface area contributed by atoms with Crippen molar-refractivity contribution in [2.24, 2.45) is 0 Å². The predicted octanol–water partition coefficient (Wildman–Crippen LogP) is 3.96. The van der Waals surface area contributed by atoms with Gasteiger partial charge in [0.1, 0.15) is 11.9 Å². The summed E-state index contributed by atoms with van der Waals surface area (Å²) in [6, 6.07) is 8.95. The number of methoxy groups -OCH3 is 3. The maximum Gasteiger partial charge on any atom is 0.338 e. The van der Waals surface area contributed by atoms with Crippen LogP contribution in [-0.2, 0) is 9.53 Å². The second-order valence-electron chi connectivity index (χ2n) is 7.43. The highest BCUT2D eigenvalue weighted by Gasteiger charge is 2.36. The molecule has 0 radical (unpaired) electrons. The van der Waals surface area contributed by atoms with Crippen LogP contribution in [0.25, 0.3) is 11.4 Å². The van der Waals surface area contributed by atoms with Crippen LogP contribution >= 0.6 is 0 Å². The lowest BCUT2D eigenvalue weighted by Crippen LogP contribution is -2.29. The van der Waals surface area contributed by atoms with Crippen molar-refractivity contribution < 1.29 is 28.1 Å². The molecule has 1 aromatic heterocycles. The van der Waals surface area contributed by atoms with Crippen LogP contribution in [0.1, 0.15) is 25.5 Å². The molecule has 0 aliphatic carbocycles. The lowest BCUT2D eigenvalue weighted by molar-refractivity contribution is -0.139. The number of benzene rings is 2. The third-order valence-electron chi connectivity index (χ3n) is 5.47. The van der Waals surface area contributed by atoms with Crippen molar-refractivity contribution in [2.45, 2.75) is 19.9 Å². The van der Waals surface area contributed by atoms with E-state index >= 15 is 0 Å². The topological polar surface area (TPSA) is 96.7 Å². The molecule has 0 fully saturated rings. The molecule has 1 atom stereocenters. The van der Waals surface area contributed by atoms with E-state index in [1.807, 2.05) is 0 Å². The molecular formula is C24H25FN4O5. The highest BCUT2D eigenvalue weighted by Crippen LogP contribution is 2.44. The van der Waals surface area contributed by atoms with Crippen LogP contribution < -0.4 is 19.5 Å². The number of fused-ring (bicyclic) bond motifs is 1. The first-order valence-electron chi connectivity index (χ1n) is 10.6. The van der Waals surface area contributed by atoms with Crippen molar-refractivity contribution in [2.75, 3.05) is 33.3 Å². The first-order chi connectivity index (χ1) is 16.4. The Morgan fingerprint density at radius 3 is 2.38 bits per heavy atom. The molecule has 34 heavy (non-hydrogen) atoms. The molecule has 178 valence electrons. The van der Waals surface area contributed by atoms with E-state index in [9.17, 15) is 9.18 Å². The minimum atomic E-state index is -0.753. The molecule has 1 aliphatic heterocycles. The minimum absolute atomic E-state index is 0.177. The minimum Gasteiger partial charge on any atom is -0.493 e. The zero-order valence-electron chi connectivity index (χ0n) is 19.5. The van der Waals surface area contributed by atoms with Crippen LogP contribution in [-0.4, -0.2) is 48.7 Å². The van der Waals surface area contributed by atoms with Gasteiger partial charge < -0.3 is 24.3 Å². The second kappa shape index (κ2) is 9.42. The molecule has 0 saturated heterocycles. The van der Waals surface area contributed by atoms with Gasteiger partial charge in [0.05, 0.1) is 39.1 Å². The van der Waals surface area contributed by atoms with Crippen LogP contribution in [0.2, 0.25) is 0 Å². The monoisotopic (exact) mass is 468 g/mol. The number of carbonyl (C=O) groups is 1. The number of ether oxygens (including phenoxy) is 4. The van der Waals surface area contributed by atoms with Gasteiger partial charge in [-0.1, -0.05) is 12.1 Å². The average molecular weight is 468 g/mol. The first kappa shape index (κ1) is 23.1. The van der Waals surface area contributed by atoms with E-state index in [-0.39, 0.29) is 18.0 Å². The van der Waals surface area contributed by atoms with Gasteiger partial charge in [0.25, 0.3) is 0 Å². The lowest BCUT2D eigenvalue weighted by Gasteiger charge is -2.28. The van der Waals surface area contributed by atoms with Gasteiger partial charge >= 0.3 is 5.97 Å². The molecule has 1 N–H and O–H groups in total. The molecule has 3 aromatic rings. The summed E-state index contributed by atoms with van der Waals surface area (Å²) in [6.07, 6.45) is 0. The molecule has 1 aliphatic rings. The van der Waals surface area contributed by atoms with Gasteiger partial charge in [0.2, 0.25) is 11.7 Å². The van der Waals surface area contributed by atoms with Crippen molar-refractivity contribution >= 4 is 11.9 Å². The van der Waals surface area contributed by atoms with Crippen LogP contribution in [0, 0.1) is 5.82 Å². The van der Waals surface area contributed by atoms with Gasteiger partial charge in [-0.05, 0) is 43.7 Å². The Hall–Kier alpha value is -4.08. The Kier molecular flexibility index (Phi) is 6.40. The van der Waals surface area contributed by atoms with E-state index in [4.69, 9.17) is 18.9 Å². The average Bonchev–Trinajstić information content (AvgIpc) is 3.25. The fourth-order valence-electron chi connectivity index (χ4n) is 3.95. The number of anilines is 1. The van der Waals surface area contributed by atoms with Gasteiger partial charge in [-0.3, -0.25) is 0 Å². The summed E-state index contributed by atoms with van der Waals surface area (Å²) in [6.45, 7) is 3.68. The quantitative estimate of drug-likeness (QED) is 0.521. The molecule has 2 heterocycles. The van der Waals surface area contributed by atoms with E-state index in [2.05, 4.69) is 15.4 Å². The van der Waals surface area contributed by atoms with Crippen molar-refractivity contribution in [3.05, 3.63) is 59.0 Å². The van der Waals surface area contributed by atoms with E-state index < -0.39 is 17.8 Å². The summed E-state index contributed by atoms with van der Waals surface area (Å²) >= 11 is 0. The predicted molar refractivity (Wildman–Crippen MR) is 123 cm³/mol. The van der Waals surface area contributed by atoms with E-state index in [1.54, 1.807) is 44.2 Å².